The molecule has 11 heteroatoms. The number of hydrogen-bond donors (Lipinski definition) is 1. The molecule has 152 valence electrons. The first-order chi connectivity index (χ1) is 13.8. The Labute approximate surface area is 164 Å². The second kappa shape index (κ2) is 8.43. The summed E-state index contributed by atoms with van der Waals surface area (Å²) in [6.45, 7) is 1.20. The Balaban J connectivity index is 1.64. The minimum absolute atomic E-state index is 0.0860. The van der Waals surface area contributed by atoms with Gasteiger partial charge in [-0.3, -0.25) is 4.79 Å². The third-order valence-corrected chi connectivity index (χ3v) is 4.62. The molecule has 1 N–H and O–H groups in total. The van der Waals surface area contributed by atoms with Gasteiger partial charge in [-0.15, -0.1) is 11.3 Å². The number of amides is 1. The van der Waals surface area contributed by atoms with E-state index in [2.05, 4.69) is 15.3 Å². The van der Waals surface area contributed by atoms with Crippen LogP contribution in [0.15, 0.2) is 33.1 Å². The fourth-order valence-electron chi connectivity index (χ4n) is 2.15. The number of carbonyl (C=O) groups is 1. The predicted molar refractivity (Wildman–Crippen MR) is 93.4 cm³/mol. The van der Waals surface area contributed by atoms with Gasteiger partial charge in [0.1, 0.15) is 12.4 Å². The largest absolute Gasteiger partial charge is 0.479 e. The molecule has 0 aliphatic carbocycles. The first-order valence-electron chi connectivity index (χ1n) is 7.90. The lowest BCUT2D eigenvalue weighted by molar-refractivity contribution is 0.0923. The molecule has 29 heavy (non-hydrogen) atoms. The van der Waals surface area contributed by atoms with Gasteiger partial charge in [0.25, 0.3) is 0 Å². The van der Waals surface area contributed by atoms with Crippen LogP contribution >= 0.6 is 11.3 Å². The van der Waals surface area contributed by atoms with Gasteiger partial charge in [-0.05, 0) is 36.1 Å². The number of ether oxygens (including phenoxy) is 1. The van der Waals surface area contributed by atoms with Gasteiger partial charge in [0, 0.05) is 4.88 Å². The zero-order valence-corrected chi connectivity index (χ0v) is 15.4. The second-order valence-corrected chi connectivity index (χ2v) is 6.57. The number of furan rings is 1. The number of thiophene rings is 1. The standard InChI is InChI=1S/C18H11F5N2O3S/c1-8-4-5-29-11(8)6-24-25-18(26)10-3-2-9(28-10)7-27-17-15(22)13(20)12(19)14(21)16(17)23/h2-6H,7H2,1H3,(H,25,26)/b24-6-. The number of hydrazone groups is 1. The van der Waals surface area contributed by atoms with Crippen molar-refractivity contribution in [2.45, 2.75) is 13.5 Å². The van der Waals surface area contributed by atoms with Crippen LogP contribution in [0.25, 0.3) is 0 Å². The van der Waals surface area contributed by atoms with Gasteiger partial charge in [0.15, 0.2) is 11.5 Å². The van der Waals surface area contributed by atoms with Gasteiger partial charge in [0.05, 0.1) is 6.21 Å². The zero-order valence-electron chi connectivity index (χ0n) is 14.6. The van der Waals surface area contributed by atoms with Crippen molar-refractivity contribution in [3.8, 4) is 5.75 Å². The van der Waals surface area contributed by atoms with Crippen molar-refractivity contribution in [3.63, 3.8) is 0 Å². The fraction of sp³-hybridized carbons (Fsp3) is 0.111. The molecule has 3 aromatic rings. The Morgan fingerprint density at radius 3 is 2.38 bits per heavy atom. The molecule has 0 unspecified atom stereocenters. The van der Waals surface area contributed by atoms with Crippen LogP contribution in [-0.2, 0) is 6.61 Å². The molecular weight excluding hydrogens is 419 g/mol. The van der Waals surface area contributed by atoms with Crippen molar-refractivity contribution in [1.82, 2.24) is 5.43 Å². The van der Waals surface area contributed by atoms with Crippen LogP contribution in [0.2, 0.25) is 0 Å². The summed E-state index contributed by atoms with van der Waals surface area (Å²) in [5.41, 5.74) is 3.22. The van der Waals surface area contributed by atoms with E-state index in [9.17, 15) is 26.7 Å². The number of hydrogen-bond acceptors (Lipinski definition) is 5. The Morgan fingerprint density at radius 2 is 1.76 bits per heavy atom. The minimum atomic E-state index is -2.29. The average Bonchev–Trinajstić information content (AvgIpc) is 3.34. The molecule has 0 radical (unpaired) electrons. The van der Waals surface area contributed by atoms with E-state index in [0.717, 1.165) is 10.4 Å². The first-order valence-corrected chi connectivity index (χ1v) is 8.78. The molecule has 0 atom stereocenters. The predicted octanol–water partition coefficient (Wildman–Crippen LogP) is 4.69. The lowest BCUT2D eigenvalue weighted by Gasteiger charge is -2.09. The van der Waals surface area contributed by atoms with Crippen molar-refractivity contribution in [3.05, 3.63) is 74.6 Å². The van der Waals surface area contributed by atoms with Gasteiger partial charge in [0.2, 0.25) is 29.1 Å². The maximum absolute atomic E-state index is 13.6. The SMILES string of the molecule is Cc1ccsc1/C=N\NC(=O)c1ccc(COc2c(F)c(F)c(F)c(F)c2F)o1. The van der Waals surface area contributed by atoms with Crippen molar-refractivity contribution < 1.29 is 35.9 Å². The van der Waals surface area contributed by atoms with E-state index in [1.165, 1.54) is 29.7 Å². The Kier molecular flexibility index (Phi) is 5.97. The monoisotopic (exact) mass is 430 g/mol. The molecule has 5 nitrogen and oxygen atoms in total. The lowest BCUT2D eigenvalue weighted by Crippen LogP contribution is -2.16. The van der Waals surface area contributed by atoms with Crippen molar-refractivity contribution >= 4 is 23.5 Å². The third-order valence-electron chi connectivity index (χ3n) is 3.66. The van der Waals surface area contributed by atoms with Crippen LogP contribution in [0, 0.1) is 36.0 Å². The minimum Gasteiger partial charge on any atom is -0.479 e. The number of rotatable bonds is 6. The smallest absolute Gasteiger partial charge is 0.307 e. The van der Waals surface area contributed by atoms with Crippen molar-refractivity contribution in [2.75, 3.05) is 0 Å². The highest BCUT2D eigenvalue weighted by atomic mass is 32.1. The molecule has 0 fully saturated rings. The van der Waals surface area contributed by atoms with E-state index in [-0.39, 0.29) is 11.5 Å². The molecule has 0 spiro atoms. The third kappa shape index (κ3) is 4.29. The number of aryl methyl sites for hydroxylation is 1. The zero-order chi connectivity index (χ0) is 21.1. The number of benzene rings is 1. The van der Waals surface area contributed by atoms with Crippen LogP contribution in [0.4, 0.5) is 22.0 Å². The Bertz CT molecular complexity index is 1060. The molecule has 3 rings (SSSR count). The van der Waals surface area contributed by atoms with E-state index < -0.39 is 47.3 Å². The summed E-state index contributed by atoms with van der Waals surface area (Å²) in [6, 6.07) is 4.36. The average molecular weight is 430 g/mol. The molecule has 0 saturated heterocycles. The first kappa shape index (κ1) is 20.5. The van der Waals surface area contributed by atoms with Gasteiger partial charge in [-0.1, -0.05) is 0 Å². The molecule has 0 aliphatic heterocycles. The summed E-state index contributed by atoms with van der Waals surface area (Å²) >= 11 is 1.43. The number of nitrogens with zero attached hydrogens (tertiary/aromatic N) is 1. The summed E-state index contributed by atoms with van der Waals surface area (Å²) in [5, 5.41) is 5.64. The van der Waals surface area contributed by atoms with Crippen LogP contribution in [-0.4, -0.2) is 12.1 Å². The van der Waals surface area contributed by atoms with E-state index in [1.54, 1.807) is 0 Å². The summed E-state index contributed by atoms with van der Waals surface area (Å²) in [5.74, 6) is -13.2. The maximum atomic E-state index is 13.6. The van der Waals surface area contributed by atoms with E-state index in [1.807, 2.05) is 18.4 Å². The van der Waals surface area contributed by atoms with Crippen molar-refractivity contribution in [2.24, 2.45) is 5.10 Å². The summed E-state index contributed by atoms with van der Waals surface area (Å²) in [7, 11) is 0. The Hall–Kier alpha value is -3.21. The highest BCUT2D eigenvalue weighted by Crippen LogP contribution is 2.29. The molecule has 0 aliphatic rings. The number of nitrogens with one attached hydrogen (secondary N) is 1. The van der Waals surface area contributed by atoms with Gasteiger partial charge in [-0.25, -0.2) is 18.6 Å². The van der Waals surface area contributed by atoms with Crippen molar-refractivity contribution in [1.29, 1.82) is 0 Å². The van der Waals surface area contributed by atoms with E-state index in [4.69, 9.17) is 4.42 Å². The van der Waals surface area contributed by atoms with E-state index >= 15 is 0 Å². The topological polar surface area (TPSA) is 63.8 Å². The molecule has 2 aromatic heterocycles. The highest BCUT2D eigenvalue weighted by Gasteiger charge is 2.27. The van der Waals surface area contributed by atoms with Crippen LogP contribution in [0.1, 0.15) is 26.8 Å². The van der Waals surface area contributed by atoms with Crippen LogP contribution in [0.5, 0.6) is 5.75 Å². The lowest BCUT2D eigenvalue weighted by atomic mass is 10.2. The van der Waals surface area contributed by atoms with Gasteiger partial charge in [-0.2, -0.15) is 13.9 Å². The summed E-state index contributed by atoms with van der Waals surface area (Å²) in [4.78, 5) is 12.8. The fourth-order valence-corrected chi connectivity index (χ4v) is 2.94. The molecule has 0 saturated carbocycles. The summed E-state index contributed by atoms with van der Waals surface area (Å²) in [6.07, 6.45) is 1.45. The normalized spacial score (nSPS) is 11.2. The molecule has 2 heterocycles. The molecule has 0 bridgehead atoms. The van der Waals surface area contributed by atoms with Gasteiger partial charge < -0.3 is 9.15 Å². The van der Waals surface area contributed by atoms with E-state index in [0.29, 0.717) is 0 Å². The highest BCUT2D eigenvalue weighted by molar-refractivity contribution is 7.11. The molecule has 1 amide bonds. The quantitative estimate of drug-likeness (QED) is 0.203. The van der Waals surface area contributed by atoms with Gasteiger partial charge >= 0.3 is 5.91 Å². The number of halogens is 5. The number of carbonyl (C=O) groups excluding carboxylic acids is 1. The molecular formula is C18H11F5N2O3S. The second-order valence-electron chi connectivity index (χ2n) is 5.62. The maximum Gasteiger partial charge on any atom is 0.307 e. The van der Waals surface area contributed by atoms with Crippen LogP contribution in [0.3, 0.4) is 0 Å². The van der Waals surface area contributed by atoms with Crippen LogP contribution < -0.4 is 10.2 Å². The summed E-state index contributed by atoms with van der Waals surface area (Å²) < 4.78 is 76.2. The Morgan fingerprint density at radius 1 is 1.10 bits per heavy atom. The molecule has 1 aromatic carbocycles.